The van der Waals surface area contributed by atoms with Crippen molar-refractivity contribution in [3.8, 4) is 5.75 Å². The number of hydrogen-bond donors (Lipinski definition) is 2. The number of benzene rings is 1. The minimum absolute atomic E-state index is 0.127. The van der Waals surface area contributed by atoms with E-state index < -0.39 is 12.3 Å². The molecular weight excluding hydrogens is 585 g/mol. The van der Waals surface area contributed by atoms with Gasteiger partial charge in [0.1, 0.15) is 11.9 Å². The number of carbonyl (C=O) groups is 1. The molecule has 0 saturated heterocycles. The highest BCUT2D eigenvalue weighted by atomic mass is 19.1. The maximum atomic E-state index is 16.1. The lowest BCUT2D eigenvalue weighted by Gasteiger charge is -2.54. The van der Waals surface area contributed by atoms with Crippen molar-refractivity contribution in [3.63, 3.8) is 0 Å². The van der Waals surface area contributed by atoms with E-state index in [1.165, 1.54) is 83.5 Å². The highest BCUT2D eigenvalue weighted by molar-refractivity contribution is 5.76. The summed E-state index contributed by atoms with van der Waals surface area (Å²) in [6.45, 7) is 6.24. The fourth-order valence-corrected chi connectivity index (χ4v) is 10.7. The topological polar surface area (TPSA) is 60.8 Å². The molecule has 0 bridgehead atoms. The number of amides is 1. The molecule has 4 nitrogen and oxygen atoms in total. The SMILES string of the molecule is CCCCCCCCCCCC(=O)N(CCCCC[C@@H]1Cc2cc(O)ccc2[C@@H]2[C@@H]1[C@@H]1CC[C@H](O)[C@@]1(C)C[C@@H]2F)CC1CCCCC1. The zero-order chi connectivity index (χ0) is 33.2. The maximum absolute atomic E-state index is 16.1. The fraction of sp³-hybridized carbons (Fsp3) is 0.833. The summed E-state index contributed by atoms with van der Waals surface area (Å²) in [5, 5.41) is 21.3. The number of halogens is 1. The molecule has 0 heterocycles. The van der Waals surface area contributed by atoms with E-state index >= 15 is 4.39 Å². The van der Waals surface area contributed by atoms with Crippen molar-refractivity contribution in [2.45, 2.75) is 180 Å². The minimum atomic E-state index is -0.953. The van der Waals surface area contributed by atoms with Crippen molar-refractivity contribution >= 4 is 5.91 Å². The van der Waals surface area contributed by atoms with Crippen LogP contribution in [-0.4, -0.2) is 46.4 Å². The third-order valence-corrected chi connectivity index (χ3v) is 13.3. The minimum Gasteiger partial charge on any atom is -0.508 e. The molecule has 0 unspecified atom stereocenters. The van der Waals surface area contributed by atoms with Gasteiger partial charge in [-0.05, 0) is 110 Å². The number of fused-ring (bicyclic) bond motifs is 5. The first kappa shape index (κ1) is 36.7. The summed E-state index contributed by atoms with van der Waals surface area (Å²) in [6.07, 6.45) is 24.8. The van der Waals surface area contributed by atoms with Crippen LogP contribution in [0, 0.1) is 29.1 Å². The summed E-state index contributed by atoms with van der Waals surface area (Å²) >= 11 is 0. The molecule has 4 aliphatic carbocycles. The van der Waals surface area contributed by atoms with Gasteiger partial charge in [-0.3, -0.25) is 4.79 Å². The lowest BCUT2D eigenvalue weighted by atomic mass is 9.51. The van der Waals surface area contributed by atoms with E-state index in [9.17, 15) is 15.0 Å². The first-order valence-electron chi connectivity index (χ1n) is 20.2. The maximum Gasteiger partial charge on any atom is 0.222 e. The van der Waals surface area contributed by atoms with Gasteiger partial charge in [-0.2, -0.15) is 0 Å². The Morgan fingerprint density at radius 1 is 0.915 bits per heavy atom. The van der Waals surface area contributed by atoms with Gasteiger partial charge in [-0.25, -0.2) is 4.39 Å². The third-order valence-electron chi connectivity index (χ3n) is 13.3. The summed E-state index contributed by atoms with van der Waals surface area (Å²) in [5.41, 5.74) is 1.90. The summed E-state index contributed by atoms with van der Waals surface area (Å²) in [5.74, 6) is 2.16. The van der Waals surface area contributed by atoms with Crippen LogP contribution in [0.1, 0.15) is 172 Å². The van der Waals surface area contributed by atoms with Crippen LogP contribution < -0.4 is 0 Å². The van der Waals surface area contributed by atoms with E-state index in [0.717, 1.165) is 75.6 Å². The Kier molecular flexibility index (Phi) is 13.9. The number of carbonyl (C=O) groups excluding carboxylic acids is 1. The number of hydrogen-bond acceptors (Lipinski definition) is 3. The molecule has 1 aromatic carbocycles. The van der Waals surface area contributed by atoms with Gasteiger partial charge in [-0.15, -0.1) is 0 Å². The van der Waals surface area contributed by atoms with Crippen LogP contribution in [0.4, 0.5) is 4.39 Å². The Labute approximate surface area is 286 Å². The van der Waals surface area contributed by atoms with E-state index in [-0.39, 0.29) is 23.0 Å². The largest absolute Gasteiger partial charge is 0.508 e. The summed E-state index contributed by atoms with van der Waals surface area (Å²) < 4.78 is 16.1. The zero-order valence-electron chi connectivity index (χ0n) is 30.1. The molecule has 5 rings (SSSR count). The number of aliphatic hydroxyl groups excluding tert-OH is 1. The normalized spacial score (nSPS) is 30.5. The average molecular weight is 654 g/mol. The number of nitrogens with zero attached hydrogens (tertiary/aromatic N) is 1. The predicted molar refractivity (Wildman–Crippen MR) is 191 cm³/mol. The van der Waals surface area contributed by atoms with Crippen molar-refractivity contribution in [1.29, 1.82) is 0 Å². The first-order chi connectivity index (χ1) is 22.8. The molecule has 0 aliphatic heterocycles. The molecule has 0 aromatic heterocycles. The highest BCUT2D eigenvalue weighted by Gasteiger charge is 2.59. The predicted octanol–water partition coefficient (Wildman–Crippen LogP) is 10.7. The Morgan fingerprint density at radius 2 is 1.62 bits per heavy atom. The van der Waals surface area contributed by atoms with Crippen molar-refractivity contribution in [1.82, 2.24) is 4.90 Å². The van der Waals surface area contributed by atoms with Gasteiger partial charge in [-0.1, -0.05) is 103 Å². The second kappa shape index (κ2) is 17.9. The Morgan fingerprint density at radius 3 is 2.36 bits per heavy atom. The van der Waals surface area contributed by atoms with Crippen molar-refractivity contribution < 1.29 is 19.4 Å². The van der Waals surface area contributed by atoms with Gasteiger partial charge in [0.25, 0.3) is 0 Å². The quantitative estimate of drug-likeness (QED) is 0.155. The molecule has 266 valence electrons. The Bertz CT molecular complexity index is 1100. The van der Waals surface area contributed by atoms with Crippen molar-refractivity contribution in [2.24, 2.45) is 29.1 Å². The zero-order valence-corrected chi connectivity index (χ0v) is 30.1. The summed E-state index contributed by atoms with van der Waals surface area (Å²) in [4.78, 5) is 15.7. The molecular formula is C42H68FNO3. The molecule has 3 saturated carbocycles. The number of aromatic hydroxyl groups is 1. The summed E-state index contributed by atoms with van der Waals surface area (Å²) in [6, 6.07) is 5.59. The van der Waals surface area contributed by atoms with Crippen LogP contribution in [0.25, 0.3) is 0 Å². The number of rotatable bonds is 18. The second-order valence-corrected chi connectivity index (χ2v) is 16.6. The number of aliphatic hydroxyl groups is 1. The van der Waals surface area contributed by atoms with E-state index in [2.05, 4.69) is 18.7 Å². The van der Waals surface area contributed by atoms with E-state index in [1.807, 2.05) is 12.1 Å². The smallest absolute Gasteiger partial charge is 0.222 e. The van der Waals surface area contributed by atoms with E-state index in [4.69, 9.17) is 0 Å². The average Bonchev–Trinajstić information content (AvgIpc) is 3.36. The van der Waals surface area contributed by atoms with Gasteiger partial charge < -0.3 is 15.1 Å². The third kappa shape index (κ3) is 9.34. The van der Waals surface area contributed by atoms with E-state index in [0.29, 0.717) is 36.5 Å². The van der Waals surface area contributed by atoms with Crippen molar-refractivity contribution in [3.05, 3.63) is 29.3 Å². The molecule has 47 heavy (non-hydrogen) atoms. The Hall–Kier alpha value is -1.62. The van der Waals surface area contributed by atoms with Gasteiger partial charge >= 0.3 is 0 Å². The van der Waals surface area contributed by atoms with Crippen LogP contribution in [0.3, 0.4) is 0 Å². The number of unbranched alkanes of at least 4 members (excludes halogenated alkanes) is 10. The lowest BCUT2D eigenvalue weighted by molar-refractivity contribution is -0.132. The molecule has 1 aromatic rings. The van der Waals surface area contributed by atoms with Crippen molar-refractivity contribution in [2.75, 3.05) is 13.1 Å². The fourth-order valence-electron chi connectivity index (χ4n) is 10.7. The molecule has 2 N–H and O–H groups in total. The second-order valence-electron chi connectivity index (χ2n) is 16.6. The van der Waals surface area contributed by atoms with Gasteiger partial charge in [0.15, 0.2) is 0 Å². The van der Waals surface area contributed by atoms with Gasteiger partial charge in [0, 0.05) is 25.4 Å². The molecule has 0 spiro atoms. The van der Waals surface area contributed by atoms with E-state index in [1.54, 1.807) is 6.07 Å². The first-order valence-corrected chi connectivity index (χ1v) is 20.2. The highest BCUT2D eigenvalue weighted by Crippen LogP contribution is 2.63. The lowest BCUT2D eigenvalue weighted by Crippen LogP contribution is -2.51. The number of phenolic OH excluding ortho intramolecular Hbond substituents is 1. The summed E-state index contributed by atoms with van der Waals surface area (Å²) in [7, 11) is 0. The van der Waals surface area contributed by atoms with Crippen LogP contribution in [0.15, 0.2) is 18.2 Å². The number of phenols is 1. The molecule has 5 heteroatoms. The number of alkyl halides is 1. The van der Waals surface area contributed by atoms with Crippen LogP contribution in [-0.2, 0) is 11.2 Å². The monoisotopic (exact) mass is 654 g/mol. The molecule has 1 amide bonds. The molecule has 0 radical (unpaired) electrons. The van der Waals surface area contributed by atoms with Crippen LogP contribution in [0.2, 0.25) is 0 Å². The molecule has 3 fully saturated rings. The van der Waals surface area contributed by atoms with Crippen LogP contribution in [0.5, 0.6) is 5.75 Å². The van der Waals surface area contributed by atoms with Crippen LogP contribution >= 0.6 is 0 Å². The van der Waals surface area contributed by atoms with Gasteiger partial charge in [0.05, 0.1) is 6.10 Å². The molecule has 4 aliphatic rings. The Balaban J connectivity index is 1.13. The molecule has 7 atom stereocenters. The standard InChI is InChI=1S/C42H68FNO3/c1-3-4-5-6-7-8-9-10-16-21-39(47)44(30-31-18-13-11-14-19-31)26-17-12-15-20-32-27-33-28-34(45)22-23-35(33)41-37(43)29-42(2)36(40(32)41)24-25-38(42)46/h22-23,28,31-32,36-38,40-41,45-46H,3-21,24-27,29-30H2,1-2H3/t32-,36+,37+,38+,40+,41+,42+/m1/s1. The van der Waals surface area contributed by atoms with Gasteiger partial charge in [0.2, 0.25) is 5.91 Å².